The first kappa shape index (κ1) is 19.8. The fourth-order valence-corrected chi connectivity index (χ4v) is 2.79. The number of ether oxygens (including phenoxy) is 1. The van der Waals surface area contributed by atoms with Gasteiger partial charge in [-0.25, -0.2) is 4.39 Å². The number of phenols is 1. The number of hydrogen-bond acceptors (Lipinski definition) is 5. The fraction of sp³-hybridized carbons (Fsp3) is 0.0952. The Morgan fingerprint density at radius 3 is 2.41 bits per heavy atom. The molecule has 0 unspecified atom stereocenters. The number of carbonyl (C=O) groups is 2. The van der Waals surface area contributed by atoms with E-state index >= 15 is 0 Å². The van der Waals surface area contributed by atoms with Gasteiger partial charge in [0.25, 0.3) is 5.56 Å². The van der Waals surface area contributed by atoms with E-state index in [0.29, 0.717) is 5.69 Å². The van der Waals surface area contributed by atoms with Crippen molar-refractivity contribution in [1.29, 1.82) is 0 Å². The Morgan fingerprint density at radius 2 is 1.79 bits per heavy atom. The number of aromatic nitrogens is 1. The van der Waals surface area contributed by atoms with Gasteiger partial charge in [-0.15, -0.1) is 0 Å². The Kier molecular flexibility index (Phi) is 5.45. The largest absolute Gasteiger partial charge is 0.507 e. The van der Waals surface area contributed by atoms with Gasteiger partial charge in [-0.1, -0.05) is 0 Å². The van der Waals surface area contributed by atoms with Crippen LogP contribution in [0.1, 0.15) is 22.8 Å². The first-order chi connectivity index (χ1) is 13.8. The van der Waals surface area contributed by atoms with E-state index in [1.165, 1.54) is 73.3 Å². The summed E-state index contributed by atoms with van der Waals surface area (Å²) in [6.07, 6.45) is 1.31. The van der Waals surface area contributed by atoms with Crippen LogP contribution in [-0.4, -0.2) is 28.5 Å². The topological polar surface area (TPSA) is 97.6 Å². The Morgan fingerprint density at radius 1 is 1.10 bits per heavy atom. The highest BCUT2D eigenvalue weighted by Crippen LogP contribution is 2.33. The van der Waals surface area contributed by atoms with Gasteiger partial charge in [-0.05, 0) is 36.4 Å². The van der Waals surface area contributed by atoms with Gasteiger partial charge in [0.05, 0.1) is 18.4 Å². The number of methoxy groups -OCH3 is 1. The fourth-order valence-electron chi connectivity index (χ4n) is 2.79. The maximum Gasteiger partial charge on any atom is 0.255 e. The monoisotopic (exact) mass is 396 g/mol. The number of rotatable bonds is 5. The predicted octanol–water partition coefficient (Wildman–Crippen LogP) is 2.88. The van der Waals surface area contributed by atoms with Crippen molar-refractivity contribution in [2.24, 2.45) is 0 Å². The number of phenolic OH excluding ortho intramolecular Hbond substituents is 1. The van der Waals surface area contributed by atoms with Crippen LogP contribution in [0, 0.1) is 5.82 Å². The second-order valence-corrected chi connectivity index (χ2v) is 6.18. The van der Waals surface area contributed by atoms with Crippen molar-refractivity contribution in [3.63, 3.8) is 0 Å². The number of nitrogens with one attached hydrogen (secondary N) is 1. The molecule has 3 aromatic rings. The zero-order valence-electron chi connectivity index (χ0n) is 15.6. The van der Waals surface area contributed by atoms with Crippen LogP contribution in [0.15, 0.2) is 59.5 Å². The Labute approximate surface area is 165 Å². The van der Waals surface area contributed by atoms with Crippen LogP contribution in [0.25, 0.3) is 5.69 Å². The highest BCUT2D eigenvalue weighted by molar-refractivity contribution is 6.11. The van der Waals surface area contributed by atoms with Gasteiger partial charge in [-0.2, -0.15) is 0 Å². The Balaban J connectivity index is 2.07. The number of aromatic hydroxyl groups is 1. The molecule has 0 bridgehead atoms. The molecule has 3 rings (SSSR count). The van der Waals surface area contributed by atoms with Crippen LogP contribution >= 0.6 is 0 Å². The summed E-state index contributed by atoms with van der Waals surface area (Å²) in [5.41, 5.74) is 0.213. The SMILES string of the molecule is COc1cc(O)c(C(=O)c2ccc(=O)n(-c3ccc(F)cc3)c2)cc1NC(C)=O. The van der Waals surface area contributed by atoms with E-state index < -0.39 is 17.2 Å². The summed E-state index contributed by atoms with van der Waals surface area (Å²) in [6.45, 7) is 1.30. The van der Waals surface area contributed by atoms with E-state index in [1.807, 2.05) is 0 Å². The third-order valence-electron chi connectivity index (χ3n) is 4.15. The number of benzene rings is 2. The van der Waals surface area contributed by atoms with Gasteiger partial charge >= 0.3 is 0 Å². The lowest BCUT2D eigenvalue weighted by Crippen LogP contribution is -2.19. The molecule has 8 heteroatoms. The van der Waals surface area contributed by atoms with Gasteiger partial charge in [0.1, 0.15) is 17.3 Å². The van der Waals surface area contributed by atoms with Gasteiger partial charge in [0, 0.05) is 36.5 Å². The van der Waals surface area contributed by atoms with Gasteiger partial charge in [0.2, 0.25) is 5.91 Å². The molecule has 0 spiro atoms. The second-order valence-electron chi connectivity index (χ2n) is 6.18. The third-order valence-corrected chi connectivity index (χ3v) is 4.15. The molecular formula is C21H17FN2O5. The number of hydrogen-bond donors (Lipinski definition) is 2. The lowest BCUT2D eigenvalue weighted by Gasteiger charge is -2.13. The molecule has 0 aliphatic rings. The van der Waals surface area contributed by atoms with Gasteiger partial charge in [0.15, 0.2) is 5.78 Å². The normalized spacial score (nSPS) is 10.4. The Bertz CT molecular complexity index is 1150. The minimum Gasteiger partial charge on any atom is -0.507 e. The summed E-state index contributed by atoms with van der Waals surface area (Å²) in [4.78, 5) is 36.6. The zero-order chi connectivity index (χ0) is 21.1. The van der Waals surface area contributed by atoms with Crippen LogP contribution in [-0.2, 0) is 4.79 Å². The third kappa shape index (κ3) is 4.16. The highest BCUT2D eigenvalue weighted by atomic mass is 19.1. The molecule has 0 aliphatic carbocycles. The van der Waals surface area contributed by atoms with Crippen molar-refractivity contribution < 1.29 is 23.8 Å². The summed E-state index contributed by atoms with van der Waals surface area (Å²) < 4.78 is 19.5. The lowest BCUT2D eigenvalue weighted by molar-refractivity contribution is -0.114. The standard InChI is InChI=1S/C21H17FN2O5/c1-12(25)23-17-9-16(18(26)10-19(17)29-2)21(28)13-3-8-20(27)24(11-13)15-6-4-14(22)5-7-15/h3-11,26H,1-2H3,(H,23,25). The molecule has 1 amide bonds. The quantitative estimate of drug-likeness (QED) is 0.511. The molecule has 0 atom stereocenters. The molecule has 1 heterocycles. The minimum absolute atomic E-state index is 0.0844. The minimum atomic E-state index is -0.576. The summed E-state index contributed by atoms with van der Waals surface area (Å²) >= 11 is 0. The van der Waals surface area contributed by atoms with Crippen molar-refractivity contribution in [1.82, 2.24) is 4.57 Å². The van der Waals surface area contributed by atoms with E-state index in [4.69, 9.17) is 4.74 Å². The van der Waals surface area contributed by atoms with Crippen LogP contribution < -0.4 is 15.6 Å². The molecule has 0 aliphatic heterocycles. The number of pyridine rings is 1. The van der Waals surface area contributed by atoms with E-state index in [-0.39, 0.29) is 34.2 Å². The molecule has 7 nitrogen and oxygen atoms in total. The predicted molar refractivity (Wildman–Crippen MR) is 104 cm³/mol. The van der Waals surface area contributed by atoms with E-state index in [9.17, 15) is 23.9 Å². The van der Waals surface area contributed by atoms with Crippen molar-refractivity contribution in [3.8, 4) is 17.2 Å². The van der Waals surface area contributed by atoms with E-state index in [0.717, 1.165) is 0 Å². The van der Waals surface area contributed by atoms with Gasteiger partial charge in [-0.3, -0.25) is 19.0 Å². The average Bonchev–Trinajstić information content (AvgIpc) is 2.69. The van der Waals surface area contributed by atoms with Crippen LogP contribution in [0.4, 0.5) is 10.1 Å². The Hall–Kier alpha value is -3.94. The highest BCUT2D eigenvalue weighted by Gasteiger charge is 2.19. The number of amides is 1. The van der Waals surface area contributed by atoms with Gasteiger partial charge < -0.3 is 15.2 Å². The number of anilines is 1. The van der Waals surface area contributed by atoms with Crippen LogP contribution in [0.3, 0.4) is 0 Å². The molecule has 2 aromatic carbocycles. The summed E-state index contributed by atoms with van der Waals surface area (Å²) in [7, 11) is 1.36. The van der Waals surface area contributed by atoms with E-state index in [2.05, 4.69) is 5.32 Å². The maximum absolute atomic E-state index is 13.2. The molecule has 1 aromatic heterocycles. The van der Waals surface area contributed by atoms with E-state index in [1.54, 1.807) is 0 Å². The summed E-state index contributed by atoms with van der Waals surface area (Å²) in [5, 5.41) is 12.8. The molecule has 0 saturated carbocycles. The second kappa shape index (κ2) is 7.97. The number of halogens is 1. The smallest absolute Gasteiger partial charge is 0.255 e. The lowest BCUT2D eigenvalue weighted by atomic mass is 10.0. The number of nitrogens with zero attached hydrogens (tertiary/aromatic N) is 1. The molecule has 0 radical (unpaired) electrons. The first-order valence-electron chi connectivity index (χ1n) is 8.52. The zero-order valence-corrected chi connectivity index (χ0v) is 15.6. The maximum atomic E-state index is 13.2. The van der Waals surface area contributed by atoms with Crippen LogP contribution in [0.5, 0.6) is 11.5 Å². The van der Waals surface area contributed by atoms with Crippen molar-refractivity contribution in [3.05, 3.63) is 82.0 Å². The summed E-state index contributed by atoms with van der Waals surface area (Å²) in [6, 6.07) is 10.3. The number of ketones is 1. The number of carbonyl (C=O) groups excluding carboxylic acids is 2. The van der Waals surface area contributed by atoms with Crippen molar-refractivity contribution in [2.45, 2.75) is 6.92 Å². The average molecular weight is 396 g/mol. The molecule has 0 saturated heterocycles. The molecule has 0 fully saturated rings. The van der Waals surface area contributed by atoms with Crippen molar-refractivity contribution in [2.75, 3.05) is 12.4 Å². The molecule has 148 valence electrons. The first-order valence-corrected chi connectivity index (χ1v) is 8.52. The molecule has 29 heavy (non-hydrogen) atoms. The van der Waals surface area contributed by atoms with Crippen molar-refractivity contribution >= 4 is 17.4 Å². The molecular weight excluding hydrogens is 379 g/mol. The summed E-state index contributed by atoms with van der Waals surface area (Å²) in [5.74, 6) is -1.57. The molecule has 2 N–H and O–H groups in total. The van der Waals surface area contributed by atoms with Crippen LogP contribution in [0.2, 0.25) is 0 Å².